The van der Waals surface area contributed by atoms with Gasteiger partial charge in [-0.1, -0.05) is 12.1 Å². The topological polar surface area (TPSA) is 62.6 Å². The highest BCUT2D eigenvalue weighted by atomic mass is 19.3. The Morgan fingerprint density at radius 2 is 1.72 bits per heavy atom. The van der Waals surface area contributed by atoms with Gasteiger partial charge in [0.05, 0.1) is 0 Å². The van der Waals surface area contributed by atoms with Gasteiger partial charge in [-0.05, 0) is 24.3 Å². The van der Waals surface area contributed by atoms with Gasteiger partial charge in [-0.3, -0.25) is 9.59 Å². The van der Waals surface area contributed by atoms with Crippen LogP contribution >= 0.6 is 0 Å². The van der Waals surface area contributed by atoms with Crippen LogP contribution < -0.4 is 5.32 Å². The van der Waals surface area contributed by atoms with Crippen LogP contribution in [0.25, 0.3) is 11.3 Å². The fourth-order valence-electron chi connectivity index (χ4n) is 2.73. The molecule has 0 spiro atoms. The third-order valence-electron chi connectivity index (χ3n) is 4.26. The van der Waals surface area contributed by atoms with Gasteiger partial charge in [0.2, 0.25) is 0 Å². The number of piperidine rings is 1. The first kappa shape index (κ1) is 17.1. The number of carbonyl (C=O) groups is 2. The van der Waals surface area contributed by atoms with Gasteiger partial charge in [0.15, 0.2) is 5.76 Å². The van der Waals surface area contributed by atoms with E-state index >= 15 is 0 Å². The Morgan fingerprint density at radius 1 is 1.08 bits per heavy atom. The van der Waals surface area contributed by atoms with Gasteiger partial charge < -0.3 is 14.6 Å². The maximum Gasteiger partial charge on any atom is 0.286 e. The largest absolute Gasteiger partial charge is 0.451 e. The fraction of sp³-hybridized carbons (Fsp3) is 0.333. The molecule has 25 heavy (non-hydrogen) atoms. The fourth-order valence-corrected chi connectivity index (χ4v) is 2.73. The molecular formula is C18H18F2N2O3. The highest BCUT2D eigenvalue weighted by molar-refractivity contribution is 5.95. The van der Waals surface area contributed by atoms with E-state index in [1.165, 1.54) is 11.9 Å². The van der Waals surface area contributed by atoms with Crippen LogP contribution in [-0.4, -0.2) is 42.8 Å². The first-order chi connectivity index (χ1) is 11.9. The Kier molecular flexibility index (Phi) is 4.57. The molecule has 2 amide bonds. The number of amides is 2. The number of hydrogen-bond acceptors (Lipinski definition) is 3. The molecule has 0 saturated carbocycles. The average molecular weight is 348 g/mol. The Morgan fingerprint density at radius 3 is 2.32 bits per heavy atom. The van der Waals surface area contributed by atoms with Crippen molar-refractivity contribution in [2.75, 3.05) is 20.1 Å². The van der Waals surface area contributed by atoms with Crippen molar-refractivity contribution in [2.45, 2.75) is 18.8 Å². The number of furan rings is 1. The molecule has 0 aliphatic carbocycles. The summed E-state index contributed by atoms with van der Waals surface area (Å²) in [6.07, 6.45) is -0.600. The molecule has 0 bridgehead atoms. The molecule has 3 rings (SSSR count). The molecule has 5 nitrogen and oxygen atoms in total. The summed E-state index contributed by atoms with van der Waals surface area (Å²) in [5.74, 6) is -2.54. The maximum absolute atomic E-state index is 13.2. The summed E-state index contributed by atoms with van der Waals surface area (Å²) in [4.78, 5) is 25.4. The van der Waals surface area contributed by atoms with Gasteiger partial charge in [-0.2, -0.15) is 0 Å². The molecule has 1 aromatic heterocycles. The van der Waals surface area contributed by atoms with Crippen LogP contribution in [0.4, 0.5) is 8.78 Å². The van der Waals surface area contributed by atoms with E-state index < -0.39 is 5.92 Å². The molecule has 0 radical (unpaired) electrons. The van der Waals surface area contributed by atoms with Crippen LogP contribution in [0.15, 0.2) is 40.8 Å². The minimum absolute atomic E-state index is 0.0568. The smallest absolute Gasteiger partial charge is 0.286 e. The van der Waals surface area contributed by atoms with Gasteiger partial charge in [-0.15, -0.1) is 0 Å². The number of likely N-dealkylation sites (tertiary alicyclic amines) is 1. The minimum atomic E-state index is -2.68. The second-order valence-corrected chi connectivity index (χ2v) is 5.97. The highest BCUT2D eigenvalue weighted by Gasteiger charge is 2.35. The number of benzene rings is 1. The molecule has 1 fully saturated rings. The second-order valence-electron chi connectivity index (χ2n) is 5.97. The zero-order chi connectivity index (χ0) is 18.0. The van der Waals surface area contributed by atoms with E-state index in [0.717, 1.165) is 5.56 Å². The van der Waals surface area contributed by atoms with Crippen molar-refractivity contribution in [3.63, 3.8) is 0 Å². The molecule has 2 aromatic rings. The molecule has 132 valence electrons. The molecular weight excluding hydrogens is 330 g/mol. The summed E-state index contributed by atoms with van der Waals surface area (Å²) < 4.78 is 31.9. The lowest BCUT2D eigenvalue weighted by Crippen LogP contribution is -2.42. The van der Waals surface area contributed by atoms with Crippen LogP contribution in [0.3, 0.4) is 0 Å². The van der Waals surface area contributed by atoms with E-state index in [4.69, 9.17) is 4.42 Å². The highest BCUT2D eigenvalue weighted by Crippen LogP contribution is 2.29. The summed E-state index contributed by atoms with van der Waals surface area (Å²) in [5.41, 5.74) is 1.16. The first-order valence-electron chi connectivity index (χ1n) is 7.99. The molecule has 2 heterocycles. The number of rotatable bonds is 3. The lowest BCUT2D eigenvalue weighted by atomic mass is 10.0. The molecule has 7 heteroatoms. The second kappa shape index (κ2) is 6.66. The standard InChI is InChI=1S/C18H18F2N2O3/c1-21-16(23)15-7-6-14(25-15)12-2-4-13(5-3-12)17(24)22-10-8-18(19,20)9-11-22/h2-7H,8-11H2,1H3,(H,21,23). The van der Waals surface area contributed by atoms with Crippen LogP contribution in [0.1, 0.15) is 33.8 Å². The third-order valence-corrected chi connectivity index (χ3v) is 4.26. The van der Waals surface area contributed by atoms with Crippen LogP contribution in [-0.2, 0) is 0 Å². The van der Waals surface area contributed by atoms with Crippen molar-refractivity contribution in [3.8, 4) is 11.3 Å². The van der Waals surface area contributed by atoms with Gasteiger partial charge in [-0.25, -0.2) is 8.78 Å². The maximum atomic E-state index is 13.2. The van der Waals surface area contributed by atoms with Crippen molar-refractivity contribution in [2.24, 2.45) is 0 Å². The number of hydrogen-bond donors (Lipinski definition) is 1. The Balaban J connectivity index is 1.71. The zero-order valence-electron chi connectivity index (χ0n) is 13.7. The average Bonchev–Trinajstić information content (AvgIpc) is 3.11. The van der Waals surface area contributed by atoms with Crippen molar-refractivity contribution < 1.29 is 22.8 Å². The van der Waals surface area contributed by atoms with Crippen LogP contribution in [0, 0.1) is 0 Å². The Labute approximate surface area is 143 Å². The van der Waals surface area contributed by atoms with Crippen LogP contribution in [0.2, 0.25) is 0 Å². The molecule has 1 N–H and O–H groups in total. The van der Waals surface area contributed by atoms with Crippen molar-refractivity contribution >= 4 is 11.8 Å². The zero-order valence-corrected chi connectivity index (χ0v) is 13.7. The van der Waals surface area contributed by atoms with Gasteiger partial charge in [0.1, 0.15) is 5.76 Å². The predicted octanol–water partition coefficient (Wildman–Crippen LogP) is 3.18. The lowest BCUT2D eigenvalue weighted by molar-refractivity contribution is -0.0494. The lowest BCUT2D eigenvalue weighted by Gasteiger charge is -2.31. The van der Waals surface area contributed by atoms with E-state index in [1.54, 1.807) is 36.4 Å². The SMILES string of the molecule is CNC(=O)c1ccc(-c2ccc(C(=O)N3CCC(F)(F)CC3)cc2)o1. The number of nitrogens with one attached hydrogen (secondary N) is 1. The molecule has 1 saturated heterocycles. The number of alkyl halides is 2. The monoisotopic (exact) mass is 348 g/mol. The minimum Gasteiger partial charge on any atom is -0.451 e. The number of carbonyl (C=O) groups excluding carboxylic acids is 2. The Hall–Kier alpha value is -2.70. The Bertz CT molecular complexity index is 774. The van der Waals surface area contributed by atoms with E-state index in [0.29, 0.717) is 11.3 Å². The summed E-state index contributed by atoms with van der Waals surface area (Å²) in [6.45, 7) is 0.114. The van der Waals surface area contributed by atoms with Gasteiger partial charge >= 0.3 is 0 Å². The summed E-state index contributed by atoms with van der Waals surface area (Å²) >= 11 is 0. The summed E-state index contributed by atoms with van der Waals surface area (Å²) in [7, 11) is 1.52. The molecule has 0 unspecified atom stereocenters. The molecule has 1 aromatic carbocycles. The van der Waals surface area contributed by atoms with Gasteiger partial charge in [0.25, 0.3) is 17.7 Å². The van der Waals surface area contributed by atoms with E-state index in [1.807, 2.05) is 0 Å². The number of nitrogens with zero attached hydrogens (tertiary/aromatic N) is 1. The first-order valence-corrected chi connectivity index (χ1v) is 7.99. The van der Waals surface area contributed by atoms with Crippen molar-refractivity contribution in [3.05, 3.63) is 47.7 Å². The summed E-state index contributed by atoms with van der Waals surface area (Å²) in [6, 6.07) is 9.92. The van der Waals surface area contributed by atoms with E-state index in [2.05, 4.69) is 5.32 Å². The quantitative estimate of drug-likeness (QED) is 0.927. The summed E-state index contributed by atoms with van der Waals surface area (Å²) in [5, 5.41) is 2.48. The third kappa shape index (κ3) is 3.70. The van der Waals surface area contributed by atoms with Crippen molar-refractivity contribution in [1.29, 1.82) is 0 Å². The van der Waals surface area contributed by atoms with Gasteiger partial charge in [0, 0.05) is 44.1 Å². The molecule has 0 atom stereocenters. The van der Waals surface area contributed by atoms with E-state index in [9.17, 15) is 18.4 Å². The normalized spacial score (nSPS) is 16.5. The predicted molar refractivity (Wildman–Crippen MR) is 87.6 cm³/mol. The molecule has 1 aliphatic heterocycles. The number of halogens is 2. The molecule has 1 aliphatic rings. The van der Waals surface area contributed by atoms with Crippen molar-refractivity contribution in [1.82, 2.24) is 10.2 Å². The van der Waals surface area contributed by atoms with Crippen LogP contribution in [0.5, 0.6) is 0 Å². The van der Waals surface area contributed by atoms with E-state index in [-0.39, 0.29) is 43.5 Å².